The summed E-state index contributed by atoms with van der Waals surface area (Å²) in [6.07, 6.45) is 8.71. The minimum Gasteiger partial charge on any atom is -0.446 e. The molecule has 2 aromatic carbocycles. The Balaban J connectivity index is 1.24. The van der Waals surface area contributed by atoms with Crippen molar-refractivity contribution in [3.63, 3.8) is 0 Å². The van der Waals surface area contributed by atoms with Gasteiger partial charge < -0.3 is 15.0 Å². The van der Waals surface area contributed by atoms with Crippen molar-refractivity contribution in [1.82, 2.24) is 19.3 Å². The van der Waals surface area contributed by atoms with Crippen LogP contribution in [0.25, 0.3) is 22.2 Å². The van der Waals surface area contributed by atoms with Gasteiger partial charge in [-0.05, 0) is 75.3 Å². The van der Waals surface area contributed by atoms with Gasteiger partial charge in [-0.15, -0.1) is 11.8 Å². The van der Waals surface area contributed by atoms with Crippen LogP contribution in [-0.2, 0) is 11.3 Å². The zero-order valence-corrected chi connectivity index (χ0v) is 21.8. The van der Waals surface area contributed by atoms with Gasteiger partial charge in [0.2, 0.25) is 0 Å². The van der Waals surface area contributed by atoms with Gasteiger partial charge >= 0.3 is 6.09 Å². The third-order valence-electron chi connectivity index (χ3n) is 7.49. The molecule has 2 saturated carbocycles. The predicted octanol–water partition coefficient (Wildman–Crippen LogP) is 6.35. The van der Waals surface area contributed by atoms with Crippen LogP contribution in [-0.4, -0.2) is 37.3 Å². The molecule has 3 N–H and O–H groups in total. The van der Waals surface area contributed by atoms with Gasteiger partial charge in [-0.1, -0.05) is 12.1 Å². The topological polar surface area (TPSA) is 100.0 Å². The number of nitrogens with two attached hydrogens (primary N) is 1. The molecule has 6 rings (SSSR count). The Labute approximate surface area is 220 Å². The number of carbonyl (C=O) groups is 1. The number of anilines is 2. The monoisotopic (exact) mass is 516 g/mol. The highest BCUT2D eigenvalue weighted by molar-refractivity contribution is 7.99. The van der Waals surface area contributed by atoms with E-state index < -0.39 is 6.09 Å². The molecule has 0 saturated heterocycles. The second-order valence-corrected chi connectivity index (χ2v) is 11.2. The largest absolute Gasteiger partial charge is 0.446 e. The number of benzene rings is 2. The third kappa shape index (κ3) is 5.05. The molecule has 1 unspecified atom stereocenters. The zero-order valence-electron chi connectivity index (χ0n) is 21.0. The maximum Gasteiger partial charge on any atom is 0.411 e. The Kier molecular flexibility index (Phi) is 6.54. The number of aromatic nitrogens is 4. The lowest BCUT2D eigenvalue weighted by molar-refractivity contribution is 0.108. The van der Waals surface area contributed by atoms with E-state index in [1.807, 2.05) is 47.6 Å². The molecule has 2 aliphatic carbocycles. The average molecular weight is 517 g/mol. The molecule has 0 bridgehead atoms. The van der Waals surface area contributed by atoms with E-state index in [9.17, 15) is 4.79 Å². The summed E-state index contributed by atoms with van der Waals surface area (Å²) < 4.78 is 9.79. The lowest BCUT2D eigenvalue weighted by Gasteiger charge is -2.30. The Bertz CT molecular complexity index is 1390. The van der Waals surface area contributed by atoms with E-state index in [-0.39, 0.29) is 6.10 Å². The Hall–Kier alpha value is -3.46. The first-order valence-corrected chi connectivity index (χ1v) is 14.0. The molecule has 0 aliphatic heterocycles. The molecule has 192 valence electrons. The van der Waals surface area contributed by atoms with Crippen molar-refractivity contribution in [2.24, 2.45) is 5.92 Å². The third-order valence-corrected chi connectivity index (χ3v) is 8.47. The van der Waals surface area contributed by atoms with Gasteiger partial charge in [-0.2, -0.15) is 5.10 Å². The van der Waals surface area contributed by atoms with Gasteiger partial charge in [0, 0.05) is 33.3 Å². The Morgan fingerprint density at radius 2 is 2.00 bits per heavy atom. The number of amides is 1. The molecule has 2 fully saturated rings. The summed E-state index contributed by atoms with van der Waals surface area (Å²) in [5, 5.41) is 8.13. The standard InChI is InChI=1S/C28H32N6O2S/c1-18(19-5-6-19)36-28(35)32-21-9-7-20(8-10-21)27-26(29)24-12-11-23(37-14-13-33-17-30-16-31-33)15-25(24)34(27)22-3-2-4-22/h7-12,15-19,22H,2-6,13-14,29H2,1H3,(H,32,35). The number of nitrogen functional groups attached to an aromatic ring is 1. The molecule has 1 amide bonds. The first-order chi connectivity index (χ1) is 18.1. The highest BCUT2D eigenvalue weighted by Gasteiger charge is 2.31. The van der Waals surface area contributed by atoms with Gasteiger partial charge in [0.05, 0.1) is 23.4 Å². The van der Waals surface area contributed by atoms with E-state index in [4.69, 9.17) is 10.5 Å². The molecular weight excluding hydrogens is 484 g/mol. The quantitative estimate of drug-likeness (QED) is 0.252. The molecule has 4 aromatic rings. The second-order valence-electron chi connectivity index (χ2n) is 10.1. The van der Waals surface area contributed by atoms with Crippen molar-refractivity contribution in [2.75, 3.05) is 16.8 Å². The summed E-state index contributed by atoms with van der Waals surface area (Å²) in [6, 6.07) is 14.9. The van der Waals surface area contributed by atoms with Crippen LogP contribution in [0.5, 0.6) is 0 Å². The highest BCUT2D eigenvalue weighted by Crippen LogP contribution is 2.45. The summed E-state index contributed by atoms with van der Waals surface area (Å²) in [7, 11) is 0. The minimum atomic E-state index is -0.399. The second kappa shape index (κ2) is 10.1. The Morgan fingerprint density at radius 1 is 1.19 bits per heavy atom. The van der Waals surface area contributed by atoms with Gasteiger partial charge in [0.15, 0.2) is 0 Å². The first-order valence-electron chi connectivity index (χ1n) is 13.0. The number of carbonyl (C=O) groups excluding carboxylic acids is 1. The van der Waals surface area contributed by atoms with Crippen LogP contribution in [0.3, 0.4) is 0 Å². The average Bonchev–Trinajstić information content (AvgIpc) is 3.52. The van der Waals surface area contributed by atoms with Crippen LogP contribution in [0.1, 0.15) is 45.1 Å². The zero-order chi connectivity index (χ0) is 25.4. The molecule has 1 atom stereocenters. The molecule has 2 heterocycles. The fraction of sp³-hybridized carbons (Fsp3) is 0.393. The minimum absolute atomic E-state index is 0.0390. The fourth-order valence-corrected chi connectivity index (χ4v) is 5.89. The number of ether oxygens (including phenoxy) is 1. The summed E-state index contributed by atoms with van der Waals surface area (Å²) >= 11 is 1.81. The molecule has 2 aliphatic rings. The summed E-state index contributed by atoms with van der Waals surface area (Å²) in [4.78, 5) is 17.5. The number of nitrogens with zero attached hydrogens (tertiary/aromatic N) is 4. The number of thioether (sulfide) groups is 1. The maximum absolute atomic E-state index is 12.3. The lowest BCUT2D eigenvalue weighted by Crippen LogP contribution is -2.21. The highest BCUT2D eigenvalue weighted by atomic mass is 32.2. The van der Waals surface area contributed by atoms with Crippen molar-refractivity contribution in [2.45, 2.75) is 62.6 Å². The molecule has 0 spiro atoms. The number of fused-ring (bicyclic) bond motifs is 1. The molecule has 37 heavy (non-hydrogen) atoms. The van der Waals surface area contributed by atoms with E-state index in [0.717, 1.165) is 60.3 Å². The van der Waals surface area contributed by atoms with Crippen molar-refractivity contribution in [3.8, 4) is 11.3 Å². The number of rotatable bonds is 9. The summed E-state index contributed by atoms with van der Waals surface area (Å²) in [5.41, 5.74) is 11.6. The molecule has 9 heteroatoms. The van der Waals surface area contributed by atoms with Crippen LogP contribution in [0, 0.1) is 5.92 Å². The smallest absolute Gasteiger partial charge is 0.411 e. The van der Waals surface area contributed by atoms with Gasteiger partial charge in [0.25, 0.3) is 0 Å². The lowest BCUT2D eigenvalue weighted by atomic mass is 9.92. The molecule has 0 radical (unpaired) electrons. The predicted molar refractivity (Wildman–Crippen MR) is 148 cm³/mol. The van der Waals surface area contributed by atoms with E-state index in [1.54, 1.807) is 12.7 Å². The summed E-state index contributed by atoms with van der Waals surface area (Å²) in [6.45, 7) is 2.77. The first kappa shape index (κ1) is 23.9. The molecular formula is C28H32N6O2S. The van der Waals surface area contributed by atoms with Crippen molar-refractivity contribution in [1.29, 1.82) is 0 Å². The SMILES string of the molecule is CC(OC(=O)Nc1ccc(-c2c(N)c3ccc(SCCn4cncn4)cc3n2C2CCC2)cc1)C1CC1. The summed E-state index contributed by atoms with van der Waals surface area (Å²) in [5.74, 6) is 1.43. The van der Waals surface area contributed by atoms with Crippen LogP contribution in [0.15, 0.2) is 60.0 Å². The normalized spacial score (nSPS) is 16.5. The van der Waals surface area contributed by atoms with Gasteiger partial charge in [0.1, 0.15) is 18.8 Å². The van der Waals surface area contributed by atoms with Crippen molar-refractivity contribution >= 4 is 40.1 Å². The number of hydrogen-bond acceptors (Lipinski definition) is 6. The van der Waals surface area contributed by atoms with Crippen LogP contribution in [0.2, 0.25) is 0 Å². The van der Waals surface area contributed by atoms with E-state index in [2.05, 4.69) is 38.2 Å². The van der Waals surface area contributed by atoms with Gasteiger partial charge in [-0.25, -0.2) is 9.78 Å². The number of hydrogen-bond donors (Lipinski definition) is 2. The number of aryl methyl sites for hydroxylation is 1. The van der Waals surface area contributed by atoms with Crippen molar-refractivity contribution in [3.05, 3.63) is 55.1 Å². The Morgan fingerprint density at radius 3 is 2.68 bits per heavy atom. The fourth-order valence-electron chi connectivity index (χ4n) is 5.02. The van der Waals surface area contributed by atoms with Crippen LogP contribution in [0.4, 0.5) is 16.2 Å². The van der Waals surface area contributed by atoms with E-state index >= 15 is 0 Å². The van der Waals surface area contributed by atoms with E-state index in [1.165, 1.54) is 16.8 Å². The van der Waals surface area contributed by atoms with E-state index in [0.29, 0.717) is 17.6 Å². The molecule has 2 aromatic heterocycles. The van der Waals surface area contributed by atoms with Crippen molar-refractivity contribution < 1.29 is 9.53 Å². The maximum atomic E-state index is 12.3. The van der Waals surface area contributed by atoms with Crippen LogP contribution >= 0.6 is 11.8 Å². The number of nitrogens with one attached hydrogen (secondary N) is 1. The van der Waals surface area contributed by atoms with Gasteiger partial charge in [-0.3, -0.25) is 10.00 Å². The van der Waals surface area contributed by atoms with Crippen LogP contribution < -0.4 is 11.1 Å². The molecule has 8 nitrogen and oxygen atoms in total.